The van der Waals surface area contributed by atoms with E-state index in [4.69, 9.17) is 4.99 Å². The first kappa shape index (κ1) is 25.4. The molecule has 1 aromatic carbocycles. The van der Waals surface area contributed by atoms with E-state index in [1.807, 2.05) is 0 Å². The number of nitrogens with zero attached hydrogens (tertiary/aromatic N) is 3. The molecule has 0 amide bonds. The Balaban J connectivity index is 1.66. The number of anilines is 1. The Labute approximate surface area is 213 Å². The minimum Gasteiger partial charge on any atom is -0.347 e. The zero-order chi connectivity index (χ0) is 26.2. The van der Waals surface area contributed by atoms with E-state index >= 15 is 0 Å². The van der Waals surface area contributed by atoms with Crippen molar-refractivity contribution in [1.82, 2.24) is 0 Å². The van der Waals surface area contributed by atoms with Crippen molar-refractivity contribution in [3.8, 4) is 0 Å². The maximum atomic E-state index is 5.12. The van der Waals surface area contributed by atoms with Gasteiger partial charge in [0.2, 0.25) is 0 Å². The average molecular weight is 471 g/mol. The number of pyridine rings is 1. The molecular weight excluding hydrogens is 426 g/mol. The quantitative estimate of drug-likeness (QED) is 0.431. The lowest BCUT2D eigenvalue weighted by Gasteiger charge is -2.25. The van der Waals surface area contributed by atoms with Crippen molar-refractivity contribution >= 4 is 17.2 Å². The number of rotatable bonds is 3. The summed E-state index contributed by atoms with van der Waals surface area (Å²) in [6.07, 6.45) is 7.84. The lowest BCUT2D eigenvalue weighted by Crippen LogP contribution is -2.36. The molecule has 2 aromatic rings. The van der Waals surface area contributed by atoms with Crippen molar-refractivity contribution in [1.29, 1.82) is 0 Å². The molecule has 0 unspecified atom stereocenters. The van der Waals surface area contributed by atoms with Crippen molar-refractivity contribution in [2.75, 3.05) is 11.9 Å². The van der Waals surface area contributed by atoms with Crippen LogP contribution in [0.15, 0.2) is 28.9 Å². The van der Waals surface area contributed by atoms with E-state index in [1.54, 1.807) is 0 Å². The van der Waals surface area contributed by atoms with Crippen LogP contribution in [0.4, 0.5) is 11.5 Å². The predicted molar refractivity (Wildman–Crippen MR) is 151 cm³/mol. The topological polar surface area (TPSA) is 19.5 Å². The molecule has 0 saturated carbocycles. The summed E-state index contributed by atoms with van der Waals surface area (Å²) in [5.41, 5.74) is 16.4. The van der Waals surface area contributed by atoms with Crippen LogP contribution in [0, 0.1) is 48.5 Å². The fraction of sp³-hybridized carbons (Fsp3) is 0.500. The highest BCUT2D eigenvalue weighted by molar-refractivity contribution is 6.08. The molecule has 0 aliphatic carbocycles. The number of aromatic nitrogens is 1. The molecule has 35 heavy (non-hydrogen) atoms. The normalized spacial score (nSPS) is 19.1. The smallest absolute Gasteiger partial charge is 0.327 e. The van der Waals surface area contributed by atoms with Crippen LogP contribution in [0.5, 0.6) is 0 Å². The molecule has 3 heterocycles. The highest BCUT2D eigenvalue weighted by atomic mass is 15.2. The Morgan fingerprint density at radius 3 is 1.97 bits per heavy atom. The molecule has 2 aliphatic rings. The fourth-order valence-corrected chi connectivity index (χ4v) is 6.61. The minimum absolute atomic E-state index is 0.00841. The Kier molecular flexibility index (Phi) is 5.94. The number of allylic oxidation sites excluding steroid dienone is 4. The molecule has 3 nitrogen and oxygen atoms in total. The monoisotopic (exact) mass is 470 g/mol. The third kappa shape index (κ3) is 3.45. The predicted octanol–water partition coefficient (Wildman–Crippen LogP) is 7.29. The lowest BCUT2D eigenvalue weighted by molar-refractivity contribution is -0.665. The van der Waals surface area contributed by atoms with E-state index in [1.165, 1.54) is 61.6 Å². The van der Waals surface area contributed by atoms with Crippen LogP contribution >= 0.6 is 0 Å². The Morgan fingerprint density at radius 2 is 1.34 bits per heavy atom. The first-order valence-corrected chi connectivity index (χ1v) is 13.0. The Morgan fingerprint density at radius 1 is 0.771 bits per heavy atom. The van der Waals surface area contributed by atoms with Crippen LogP contribution in [-0.4, -0.2) is 12.8 Å². The minimum atomic E-state index is -0.0950. The van der Waals surface area contributed by atoms with Gasteiger partial charge in [-0.25, -0.2) is 4.57 Å². The Bertz CT molecular complexity index is 1350. The maximum absolute atomic E-state index is 5.12. The molecule has 0 saturated heterocycles. The lowest BCUT2D eigenvalue weighted by atomic mass is 9.78. The fourth-order valence-electron chi connectivity index (χ4n) is 6.61. The average Bonchev–Trinajstić information content (AvgIpc) is 3.17. The van der Waals surface area contributed by atoms with Crippen molar-refractivity contribution in [2.45, 2.75) is 93.4 Å². The molecule has 186 valence electrons. The zero-order valence-electron chi connectivity index (χ0n) is 24.3. The summed E-state index contributed by atoms with van der Waals surface area (Å²) in [5, 5.41) is 0. The Hall–Kier alpha value is -2.68. The maximum Gasteiger partial charge on any atom is 0.327 e. The summed E-state index contributed by atoms with van der Waals surface area (Å²) in [5.74, 6) is 1.11. The highest BCUT2D eigenvalue weighted by Gasteiger charge is 2.44. The summed E-state index contributed by atoms with van der Waals surface area (Å²) in [6.45, 7) is 25.1. The van der Waals surface area contributed by atoms with E-state index in [-0.39, 0.29) is 10.8 Å². The van der Waals surface area contributed by atoms with E-state index in [0.29, 0.717) is 0 Å². The molecule has 0 bridgehead atoms. The summed E-state index contributed by atoms with van der Waals surface area (Å²) >= 11 is 0. The number of hydrogen-bond donors (Lipinski definition) is 0. The first-order valence-electron chi connectivity index (χ1n) is 13.0. The molecule has 0 fully saturated rings. The van der Waals surface area contributed by atoms with E-state index in [2.05, 4.69) is 118 Å². The molecule has 0 radical (unpaired) electrons. The highest BCUT2D eigenvalue weighted by Crippen LogP contribution is 2.51. The molecule has 2 aliphatic heterocycles. The second kappa shape index (κ2) is 8.18. The van der Waals surface area contributed by atoms with Gasteiger partial charge in [-0.2, -0.15) is 0 Å². The number of hydrogen-bond acceptors (Lipinski definition) is 2. The first-order chi connectivity index (χ1) is 16.2. The molecule has 0 spiro atoms. The third-order valence-corrected chi connectivity index (χ3v) is 9.36. The van der Waals surface area contributed by atoms with Crippen molar-refractivity contribution in [3.63, 3.8) is 0 Å². The van der Waals surface area contributed by atoms with Gasteiger partial charge < -0.3 is 4.90 Å². The number of fused-ring (bicyclic) bond motifs is 2. The van der Waals surface area contributed by atoms with Crippen LogP contribution in [0.3, 0.4) is 0 Å². The van der Waals surface area contributed by atoms with Gasteiger partial charge in [0.25, 0.3) is 0 Å². The van der Waals surface area contributed by atoms with Gasteiger partial charge in [0, 0.05) is 23.8 Å². The van der Waals surface area contributed by atoms with E-state index in [0.717, 1.165) is 18.0 Å². The van der Waals surface area contributed by atoms with E-state index in [9.17, 15) is 0 Å². The molecule has 0 atom stereocenters. The number of aliphatic imine (C=N–C) groups is 1. The zero-order valence-corrected chi connectivity index (χ0v) is 24.3. The largest absolute Gasteiger partial charge is 0.347 e. The second-order valence-electron chi connectivity index (χ2n) is 11.9. The van der Waals surface area contributed by atoms with Gasteiger partial charge >= 0.3 is 5.82 Å². The van der Waals surface area contributed by atoms with Gasteiger partial charge in [0.05, 0.1) is 18.0 Å². The van der Waals surface area contributed by atoms with Gasteiger partial charge in [0.1, 0.15) is 5.69 Å². The summed E-state index contributed by atoms with van der Waals surface area (Å²) in [7, 11) is 4.37. The van der Waals surface area contributed by atoms with Gasteiger partial charge in [0.15, 0.2) is 5.71 Å². The number of benzene rings is 1. The van der Waals surface area contributed by atoms with Gasteiger partial charge in [-0.1, -0.05) is 26.0 Å². The van der Waals surface area contributed by atoms with Gasteiger partial charge in [-0.05, 0) is 119 Å². The number of likely N-dealkylation sites (N-methyl/N-ethyl adjacent to an activating group) is 1. The second-order valence-corrected chi connectivity index (χ2v) is 11.9. The molecule has 4 rings (SSSR count). The standard InChI is InChI=1S/C32H44N3/c1-18-19(2)23(6)29-27(21(18)4)32(10,11)26(35(29)13)17-15-14-16-25-31(8,9)28-22(5)20(3)24(7)34(12)30(28)33-25/h14,16-17H,15H2,1-13H3/q+1/b16-14?,26-17+. The van der Waals surface area contributed by atoms with Crippen LogP contribution in [0.1, 0.15) is 84.3 Å². The SMILES string of the molecule is Cc1c(C)c(C)c2c(c1C)N(C)/C(=C/CC=CC1=Nc3c(c(C)c(C)c(C)[n+]3C)C1(C)C)C2(C)C. The van der Waals surface area contributed by atoms with Crippen LogP contribution in [0.2, 0.25) is 0 Å². The van der Waals surface area contributed by atoms with Crippen molar-refractivity contribution < 1.29 is 4.57 Å². The van der Waals surface area contributed by atoms with Gasteiger partial charge in [-0.3, -0.25) is 0 Å². The van der Waals surface area contributed by atoms with Gasteiger partial charge in [-0.15, -0.1) is 0 Å². The van der Waals surface area contributed by atoms with Crippen molar-refractivity contribution in [3.05, 3.63) is 74.1 Å². The summed E-state index contributed by atoms with van der Waals surface area (Å²) < 4.78 is 2.25. The van der Waals surface area contributed by atoms with Crippen LogP contribution in [-0.2, 0) is 17.9 Å². The van der Waals surface area contributed by atoms with Crippen LogP contribution < -0.4 is 9.47 Å². The van der Waals surface area contributed by atoms with E-state index < -0.39 is 0 Å². The molecular formula is C32H44N3+. The molecule has 1 aromatic heterocycles. The summed E-state index contributed by atoms with van der Waals surface area (Å²) in [4.78, 5) is 7.55. The molecule has 0 N–H and O–H groups in total. The van der Waals surface area contributed by atoms with Crippen LogP contribution in [0.25, 0.3) is 0 Å². The summed E-state index contributed by atoms with van der Waals surface area (Å²) in [6, 6.07) is 0. The van der Waals surface area contributed by atoms with Crippen molar-refractivity contribution in [2.24, 2.45) is 12.0 Å². The third-order valence-electron chi connectivity index (χ3n) is 9.36. The molecule has 3 heteroatoms.